The van der Waals surface area contributed by atoms with E-state index in [1.165, 1.54) is 21.9 Å². The van der Waals surface area contributed by atoms with Gasteiger partial charge < -0.3 is 0 Å². The lowest BCUT2D eigenvalue weighted by atomic mass is 9.96. The molecule has 0 aliphatic rings. The van der Waals surface area contributed by atoms with Gasteiger partial charge in [-0.1, -0.05) is 84.5 Å². The normalized spacial score (nSPS) is 13.0. The summed E-state index contributed by atoms with van der Waals surface area (Å²) in [6.07, 6.45) is 1.77. The number of rotatable bonds is 4. The third kappa shape index (κ3) is 3.83. The second kappa shape index (κ2) is 8.30. The summed E-state index contributed by atoms with van der Waals surface area (Å²) >= 11 is 7.29. The molecule has 158 valence electrons. The van der Waals surface area contributed by atoms with Crippen molar-refractivity contribution in [3.8, 4) is 11.1 Å². The lowest BCUT2D eigenvalue weighted by Gasteiger charge is -2.10. The van der Waals surface area contributed by atoms with Crippen molar-refractivity contribution in [2.45, 2.75) is 12.8 Å². The van der Waals surface area contributed by atoms with Crippen LogP contribution < -0.4 is 10.1 Å². The maximum atomic E-state index is 14.8. The number of nitrogens with zero attached hydrogens (tertiary/aromatic N) is 3. The Morgan fingerprint density at radius 1 is 1.06 bits per heavy atom. The number of thiazole rings is 1. The zero-order valence-electron chi connectivity index (χ0n) is 17.0. The zero-order chi connectivity index (χ0) is 22.2. The van der Waals surface area contributed by atoms with Crippen molar-refractivity contribution in [2.24, 2.45) is 0 Å². The second-order valence-electron chi connectivity index (χ2n) is 7.46. The molecule has 2 aromatic heterocycles. The van der Waals surface area contributed by atoms with Crippen molar-refractivity contribution in [2.75, 3.05) is 0 Å². The number of hydrogen-bond donors (Lipinski definition) is 0. The smallest absolute Gasteiger partial charge is 0.266 e. The summed E-state index contributed by atoms with van der Waals surface area (Å²) in [5, 5.41) is 5.02. The molecular formula is C25H17ClFN3OS. The highest BCUT2D eigenvalue weighted by Gasteiger charge is 2.19. The average Bonchev–Trinajstić information content (AvgIpc) is 3.33. The van der Waals surface area contributed by atoms with Crippen LogP contribution in [0.25, 0.3) is 22.2 Å². The molecule has 5 aromatic rings. The Hall–Kier alpha value is -3.35. The first-order chi connectivity index (χ1) is 15.5. The van der Waals surface area contributed by atoms with E-state index in [9.17, 15) is 9.18 Å². The van der Waals surface area contributed by atoms with Gasteiger partial charge in [-0.3, -0.25) is 4.79 Å². The molecule has 7 heteroatoms. The van der Waals surface area contributed by atoms with Crippen LogP contribution in [0.5, 0.6) is 0 Å². The van der Waals surface area contributed by atoms with Crippen molar-refractivity contribution in [3.63, 3.8) is 0 Å². The Balaban J connectivity index is 1.48. The van der Waals surface area contributed by atoms with Gasteiger partial charge in [-0.05, 0) is 41.0 Å². The SMILES string of the molecule is CC(c1ccc(-c2ccccc2)c(F)c1)c1nc2s/c(=C\c3cccc(Cl)c3)c(=O)n2n1. The van der Waals surface area contributed by atoms with Gasteiger partial charge >= 0.3 is 0 Å². The minimum atomic E-state index is -0.301. The average molecular weight is 462 g/mol. The molecule has 2 heterocycles. The van der Waals surface area contributed by atoms with Crippen LogP contribution in [0.1, 0.15) is 29.8 Å². The summed E-state index contributed by atoms with van der Waals surface area (Å²) in [5.41, 5.74) is 2.72. The van der Waals surface area contributed by atoms with Gasteiger partial charge in [0.2, 0.25) is 4.96 Å². The molecule has 1 unspecified atom stereocenters. The standard InChI is InChI=1S/C25H17ClFN3OS/c1-15(18-10-11-20(21(27)14-18)17-7-3-2-4-8-17)23-28-25-30(29-23)24(31)22(32-25)13-16-6-5-9-19(26)12-16/h2-15H,1H3/b22-13-. The van der Waals surface area contributed by atoms with Crippen LogP contribution in [-0.4, -0.2) is 14.6 Å². The first kappa shape index (κ1) is 20.5. The predicted octanol–water partition coefficient (Wildman–Crippen LogP) is 5.31. The van der Waals surface area contributed by atoms with Gasteiger partial charge in [0.05, 0.1) is 4.53 Å². The molecule has 0 saturated carbocycles. The maximum absolute atomic E-state index is 14.8. The molecular weight excluding hydrogens is 445 g/mol. The number of halogens is 2. The molecule has 0 amide bonds. The molecule has 0 saturated heterocycles. The molecule has 0 fully saturated rings. The van der Waals surface area contributed by atoms with Crippen molar-refractivity contribution in [1.29, 1.82) is 0 Å². The van der Waals surface area contributed by atoms with E-state index in [1.807, 2.05) is 55.5 Å². The fraction of sp³-hybridized carbons (Fsp3) is 0.0800. The second-order valence-corrected chi connectivity index (χ2v) is 8.91. The third-order valence-electron chi connectivity index (χ3n) is 5.31. The van der Waals surface area contributed by atoms with Gasteiger partial charge in [-0.25, -0.2) is 9.37 Å². The van der Waals surface area contributed by atoms with Crippen LogP contribution >= 0.6 is 22.9 Å². The van der Waals surface area contributed by atoms with E-state index >= 15 is 0 Å². The molecule has 3 aromatic carbocycles. The van der Waals surface area contributed by atoms with Crippen LogP contribution in [0.3, 0.4) is 0 Å². The van der Waals surface area contributed by atoms with E-state index in [0.29, 0.717) is 25.9 Å². The van der Waals surface area contributed by atoms with Gasteiger partial charge in [-0.15, -0.1) is 5.10 Å². The van der Waals surface area contributed by atoms with Crippen molar-refractivity contribution in [3.05, 3.63) is 115 Å². The van der Waals surface area contributed by atoms with Gasteiger partial charge in [-0.2, -0.15) is 4.52 Å². The predicted molar refractivity (Wildman–Crippen MR) is 127 cm³/mol. The van der Waals surface area contributed by atoms with Crippen molar-refractivity contribution >= 4 is 34.0 Å². The van der Waals surface area contributed by atoms with E-state index in [-0.39, 0.29) is 17.3 Å². The van der Waals surface area contributed by atoms with Crippen molar-refractivity contribution < 1.29 is 4.39 Å². The molecule has 0 radical (unpaired) electrons. The highest BCUT2D eigenvalue weighted by molar-refractivity contribution is 7.15. The quantitative estimate of drug-likeness (QED) is 0.364. The third-order valence-corrected chi connectivity index (χ3v) is 6.50. The minimum Gasteiger partial charge on any atom is -0.266 e. The first-order valence-electron chi connectivity index (χ1n) is 10.0. The fourth-order valence-electron chi connectivity index (χ4n) is 3.58. The lowest BCUT2D eigenvalue weighted by Crippen LogP contribution is -2.24. The Morgan fingerprint density at radius 3 is 2.59 bits per heavy atom. The number of fused-ring (bicyclic) bond motifs is 1. The number of benzene rings is 3. The largest absolute Gasteiger partial charge is 0.291 e. The summed E-state index contributed by atoms with van der Waals surface area (Å²) < 4.78 is 16.6. The Labute approximate surface area is 192 Å². The van der Waals surface area contributed by atoms with E-state index in [4.69, 9.17) is 11.6 Å². The molecule has 0 aliphatic heterocycles. The van der Waals surface area contributed by atoms with E-state index in [1.54, 1.807) is 24.3 Å². The topological polar surface area (TPSA) is 47.3 Å². The summed E-state index contributed by atoms with van der Waals surface area (Å²) in [7, 11) is 0. The van der Waals surface area contributed by atoms with Crippen LogP contribution in [0.15, 0.2) is 77.6 Å². The summed E-state index contributed by atoms with van der Waals surface area (Å²) in [6.45, 7) is 1.90. The molecule has 1 atom stereocenters. The summed E-state index contributed by atoms with van der Waals surface area (Å²) in [6, 6.07) is 21.8. The van der Waals surface area contributed by atoms with Crippen molar-refractivity contribution in [1.82, 2.24) is 14.6 Å². The van der Waals surface area contributed by atoms with E-state index in [2.05, 4.69) is 10.1 Å². The first-order valence-corrected chi connectivity index (χ1v) is 11.2. The number of hydrogen-bond acceptors (Lipinski definition) is 4. The van der Waals surface area contributed by atoms with Gasteiger partial charge in [0, 0.05) is 16.5 Å². The van der Waals surface area contributed by atoms with E-state index in [0.717, 1.165) is 16.7 Å². The minimum absolute atomic E-state index is 0.235. The van der Waals surface area contributed by atoms with Crippen LogP contribution in [0.2, 0.25) is 5.02 Å². The molecule has 0 spiro atoms. The van der Waals surface area contributed by atoms with Crippen LogP contribution in [0, 0.1) is 5.82 Å². The van der Waals surface area contributed by atoms with Gasteiger partial charge in [0.25, 0.3) is 5.56 Å². The van der Waals surface area contributed by atoms with E-state index < -0.39 is 0 Å². The molecule has 32 heavy (non-hydrogen) atoms. The summed E-state index contributed by atoms with van der Waals surface area (Å²) in [5.74, 6) is -0.0832. The Bertz CT molecular complexity index is 1550. The highest BCUT2D eigenvalue weighted by Crippen LogP contribution is 2.28. The molecule has 0 bridgehead atoms. The molecule has 0 aliphatic carbocycles. The Kier molecular flexibility index (Phi) is 5.33. The maximum Gasteiger partial charge on any atom is 0.291 e. The highest BCUT2D eigenvalue weighted by atomic mass is 35.5. The monoisotopic (exact) mass is 461 g/mol. The lowest BCUT2D eigenvalue weighted by molar-refractivity contribution is 0.626. The number of aromatic nitrogens is 3. The van der Waals surface area contributed by atoms with Crippen LogP contribution in [-0.2, 0) is 0 Å². The Morgan fingerprint density at radius 2 is 1.88 bits per heavy atom. The van der Waals surface area contributed by atoms with Gasteiger partial charge in [0.1, 0.15) is 5.82 Å². The molecule has 5 rings (SSSR count). The summed E-state index contributed by atoms with van der Waals surface area (Å²) in [4.78, 5) is 17.8. The van der Waals surface area contributed by atoms with Gasteiger partial charge in [0.15, 0.2) is 5.82 Å². The molecule has 0 N–H and O–H groups in total. The van der Waals surface area contributed by atoms with Crippen LogP contribution in [0.4, 0.5) is 4.39 Å². The molecule has 4 nitrogen and oxygen atoms in total. The fourth-order valence-corrected chi connectivity index (χ4v) is 4.70. The zero-order valence-corrected chi connectivity index (χ0v) is 18.6.